The quantitative estimate of drug-likeness (QED) is 0.350. The minimum atomic E-state index is -4.51. The van der Waals surface area contributed by atoms with Crippen molar-refractivity contribution in [2.45, 2.75) is 32.6 Å². The number of hydrogen-bond donors (Lipinski definition) is 2. The van der Waals surface area contributed by atoms with Crippen LogP contribution in [0.4, 0.5) is 33.3 Å². The van der Waals surface area contributed by atoms with Crippen LogP contribution in [0.3, 0.4) is 0 Å². The zero-order valence-corrected chi connectivity index (χ0v) is 21.1. The van der Waals surface area contributed by atoms with Gasteiger partial charge in [0, 0.05) is 44.1 Å². The summed E-state index contributed by atoms with van der Waals surface area (Å²) >= 11 is 5.40. The number of hydrogen-bond acceptors (Lipinski definition) is 4. The highest BCUT2D eigenvalue weighted by Gasteiger charge is 2.32. The van der Waals surface area contributed by atoms with Crippen molar-refractivity contribution in [1.82, 2.24) is 9.47 Å². The summed E-state index contributed by atoms with van der Waals surface area (Å²) in [6.45, 7) is 3.98. The third kappa shape index (κ3) is 5.02. The largest absolute Gasteiger partial charge is 0.477 e. The molecule has 2 aromatic carbocycles. The molecule has 1 aliphatic rings. The fourth-order valence-electron chi connectivity index (χ4n) is 4.60. The van der Waals surface area contributed by atoms with Gasteiger partial charge in [0.25, 0.3) is 0 Å². The molecule has 202 valence electrons. The number of aromatic nitrogens is 1. The van der Waals surface area contributed by atoms with Gasteiger partial charge >= 0.3 is 12.1 Å². The zero-order valence-electron chi connectivity index (χ0n) is 20.3. The molecular formula is C25H23F5N4O3S. The molecule has 2 heterocycles. The van der Waals surface area contributed by atoms with Crippen molar-refractivity contribution in [3.05, 3.63) is 69.5 Å². The molecule has 1 saturated heterocycles. The van der Waals surface area contributed by atoms with Gasteiger partial charge in [0.15, 0.2) is 10.9 Å². The standard InChI is InChI=1S/C25H23F5N4O3S/c1-3-32-12-17(23(36)37)22(35)16-10-18(26)21(19(27)20(16)32)33-7-8-34(13(2)11-33)24(38)31-15-6-4-5-14(9-15)25(28,29)30/h4-6,9-10,12-13H,3,7-8,11H2,1-2H3,(H,31,38)(H,36,37). The summed E-state index contributed by atoms with van der Waals surface area (Å²) in [5.41, 5.74) is -2.79. The summed E-state index contributed by atoms with van der Waals surface area (Å²) < 4.78 is 71.3. The average molecular weight is 555 g/mol. The Morgan fingerprint density at radius 2 is 1.92 bits per heavy atom. The molecule has 0 saturated carbocycles. The molecule has 0 radical (unpaired) electrons. The third-order valence-electron chi connectivity index (χ3n) is 6.45. The average Bonchev–Trinajstić information content (AvgIpc) is 2.84. The number of carboxylic acids is 1. The molecule has 7 nitrogen and oxygen atoms in total. The summed E-state index contributed by atoms with van der Waals surface area (Å²) in [4.78, 5) is 27.2. The predicted octanol–water partition coefficient (Wildman–Crippen LogP) is 4.92. The van der Waals surface area contributed by atoms with E-state index in [9.17, 15) is 27.9 Å². The number of pyridine rings is 1. The van der Waals surface area contributed by atoms with E-state index in [-0.39, 0.29) is 59.6 Å². The predicted molar refractivity (Wildman–Crippen MR) is 137 cm³/mol. The van der Waals surface area contributed by atoms with Crippen LogP contribution in [0.1, 0.15) is 29.8 Å². The second-order valence-electron chi connectivity index (χ2n) is 8.88. The van der Waals surface area contributed by atoms with E-state index in [4.69, 9.17) is 12.2 Å². The highest BCUT2D eigenvalue weighted by atomic mass is 32.1. The van der Waals surface area contributed by atoms with Gasteiger partial charge in [-0.05, 0) is 50.3 Å². The smallest absolute Gasteiger partial charge is 0.416 e. The second kappa shape index (κ2) is 10.2. The van der Waals surface area contributed by atoms with Crippen LogP contribution in [0.25, 0.3) is 10.9 Å². The SMILES string of the molecule is CCn1cc(C(=O)O)c(=O)c2cc(F)c(N3CCN(C(=S)Nc4cccc(C(F)(F)F)c4)C(C)C3)c(F)c21. The summed E-state index contributed by atoms with van der Waals surface area (Å²) in [5.74, 6) is -3.49. The Morgan fingerprint density at radius 3 is 2.53 bits per heavy atom. The third-order valence-corrected chi connectivity index (χ3v) is 6.78. The summed E-state index contributed by atoms with van der Waals surface area (Å²) in [5, 5.41) is 11.9. The van der Waals surface area contributed by atoms with Crippen molar-refractivity contribution >= 4 is 45.6 Å². The van der Waals surface area contributed by atoms with Crippen LogP contribution in [0, 0.1) is 11.6 Å². The summed E-state index contributed by atoms with van der Waals surface area (Å²) in [6.07, 6.45) is -3.47. The molecule has 1 fully saturated rings. The molecule has 38 heavy (non-hydrogen) atoms. The van der Waals surface area contributed by atoms with Gasteiger partial charge in [0.1, 0.15) is 17.1 Å². The van der Waals surface area contributed by atoms with Crippen molar-refractivity contribution in [1.29, 1.82) is 0 Å². The van der Waals surface area contributed by atoms with Crippen LogP contribution >= 0.6 is 12.2 Å². The number of thiocarbonyl (C=S) groups is 1. The van der Waals surface area contributed by atoms with E-state index in [1.165, 1.54) is 21.6 Å². The fourth-order valence-corrected chi connectivity index (χ4v) is 4.99. The molecule has 3 aromatic rings. The Hall–Kier alpha value is -3.74. The van der Waals surface area contributed by atoms with Crippen molar-refractivity contribution in [2.24, 2.45) is 0 Å². The lowest BCUT2D eigenvalue weighted by Gasteiger charge is -2.42. The van der Waals surface area contributed by atoms with Gasteiger partial charge in [0.05, 0.1) is 16.5 Å². The van der Waals surface area contributed by atoms with E-state index < -0.39 is 40.3 Å². The lowest BCUT2D eigenvalue weighted by atomic mass is 10.1. The lowest BCUT2D eigenvalue weighted by molar-refractivity contribution is -0.137. The molecule has 1 unspecified atom stereocenters. The lowest BCUT2D eigenvalue weighted by Crippen LogP contribution is -2.55. The van der Waals surface area contributed by atoms with Crippen LogP contribution in [-0.4, -0.2) is 51.3 Å². The van der Waals surface area contributed by atoms with Crippen LogP contribution < -0.4 is 15.6 Å². The van der Waals surface area contributed by atoms with Gasteiger partial charge in [-0.2, -0.15) is 13.2 Å². The Labute approximate surface area is 219 Å². The Kier molecular flexibility index (Phi) is 7.33. The van der Waals surface area contributed by atoms with E-state index in [1.807, 2.05) is 0 Å². The van der Waals surface area contributed by atoms with Crippen LogP contribution in [-0.2, 0) is 12.7 Å². The molecule has 1 atom stereocenters. The zero-order chi connectivity index (χ0) is 27.9. The normalized spacial score (nSPS) is 16.1. The first-order valence-corrected chi connectivity index (χ1v) is 12.0. The van der Waals surface area contributed by atoms with Gasteiger partial charge in [-0.1, -0.05) is 6.07 Å². The first-order chi connectivity index (χ1) is 17.8. The number of aromatic carboxylic acids is 1. The number of aryl methyl sites for hydroxylation is 1. The van der Waals surface area contributed by atoms with Crippen molar-refractivity contribution in [3.8, 4) is 0 Å². The van der Waals surface area contributed by atoms with Crippen molar-refractivity contribution < 1.29 is 31.9 Å². The van der Waals surface area contributed by atoms with Crippen LogP contribution in [0.5, 0.6) is 0 Å². The maximum atomic E-state index is 15.7. The van der Waals surface area contributed by atoms with Crippen molar-refractivity contribution in [3.63, 3.8) is 0 Å². The highest BCUT2D eigenvalue weighted by molar-refractivity contribution is 7.80. The maximum absolute atomic E-state index is 15.7. The number of rotatable bonds is 4. The van der Waals surface area contributed by atoms with E-state index in [0.29, 0.717) is 0 Å². The summed E-state index contributed by atoms with van der Waals surface area (Å²) in [6, 6.07) is 5.07. The molecule has 1 aliphatic heterocycles. The van der Waals surface area contributed by atoms with E-state index in [2.05, 4.69) is 5.32 Å². The van der Waals surface area contributed by atoms with E-state index in [1.54, 1.807) is 18.7 Å². The van der Waals surface area contributed by atoms with Crippen LogP contribution in [0.15, 0.2) is 41.3 Å². The minimum absolute atomic E-state index is 0.118. The molecule has 2 N–H and O–H groups in total. The molecule has 13 heteroatoms. The number of piperazine rings is 1. The molecular weight excluding hydrogens is 531 g/mol. The van der Waals surface area contributed by atoms with E-state index in [0.717, 1.165) is 24.4 Å². The molecule has 1 aromatic heterocycles. The Morgan fingerprint density at radius 1 is 1.21 bits per heavy atom. The van der Waals surface area contributed by atoms with Gasteiger partial charge in [-0.3, -0.25) is 4.79 Å². The number of nitrogens with one attached hydrogen (secondary N) is 1. The minimum Gasteiger partial charge on any atom is -0.477 e. The Bertz CT molecular complexity index is 1490. The van der Waals surface area contributed by atoms with Gasteiger partial charge in [0.2, 0.25) is 5.43 Å². The Balaban J connectivity index is 1.60. The first-order valence-electron chi connectivity index (χ1n) is 11.6. The van der Waals surface area contributed by atoms with Gasteiger partial charge in [-0.15, -0.1) is 0 Å². The molecule has 4 rings (SSSR count). The van der Waals surface area contributed by atoms with Gasteiger partial charge < -0.3 is 24.8 Å². The topological polar surface area (TPSA) is 77.8 Å². The van der Waals surface area contributed by atoms with Gasteiger partial charge in [-0.25, -0.2) is 13.6 Å². The number of alkyl halides is 3. The maximum Gasteiger partial charge on any atom is 0.416 e. The molecule has 0 bridgehead atoms. The van der Waals surface area contributed by atoms with Crippen molar-refractivity contribution in [2.75, 3.05) is 29.9 Å². The second-order valence-corrected chi connectivity index (χ2v) is 9.26. The summed E-state index contributed by atoms with van der Waals surface area (Å²) in [7, 11) is 0. The highest BCUT2D eigenvalue weighted by Crippen LogP contribution is 2.33. The molecule has 0 spiro atoms. The van der Waals surface area contributed by atoms with E-state index >= 15 is 8.78 Å². The van der Waals surface area contributed by atoms with Crippen LogP contribution in [0.2, 0.25) is 0 Å². The molecule has 0 aliphatic carbocycles. The number of benzene rings is 2. The fraction of sp³-hybridized carbons (Fsp3) is 0.320. The number of carbonyl (C=O) groups is 1. The number of fused-ring (bicyclic) bond motifs is 1. The number of carboxylic acid groups (broad SMARTS) is 1. The number of nitrogens with zero attached hydrogens (tertiary/aromatic N) is 3. The number of anilines is 2. The first kappa shape index (κ1) is 27.3. The monoisotopic (exact) mass is 554 g/mol. The molecule has 0 amide bonds. The number of halogens is 5.